The van der Waals surface area contributed by atoms with Gasteiger partial charge in [-0.15, -0.1) is 40.0 Å². The minimum Gasteiger partial charge on any atom is -0.138 e. The molecule has 2 nitrogen and oxygen atoms in total. The third-order valence-corrected chi connectivity index (χ3v) is 8.25. The summed E-state index contributed by atoms with van der Waals surface area (Å²) in [4.78, 5) is 5.68. The average Bonchev–Trinajstić information content (AvgIpc) is 3.11. The van der Waals surface area contributed by atoms with Gasteiger partial charge in [-0.05, 0) is 17.6 Å². The van der Waals surface area contributed by atoms with Crippen LogP contribution < -0.4 is 0 Å². The molecule has 0 spiro atoms. The van der Waals surface area contributed by atoms with Crippen LogP contribution in [0, 0.1) is 0 Å². The highest BCUT2D eigenvalue weighted by Crippen LogP contribution is 2.55. The largest absolute Gasteiger partial charge is 0.138 e. The molecule has 5 rings (SSSR count). The van der Waals surface area contributed by atoms with Gasteiger partial charge in [0.25, 0.3) is 0 Å². The lowest BCUT2D eigenvalue weighted by Gasteiger charge is -2.22. The first-order chi connectivity index (χ1) is 9.92. The van der Waals surface area contributed by atoms with E-state index in [1.807, 2.05) is 34.9 Å². The molecule has 2 aromatic heterocycles. The molecule has 0 atom stereocenters. The van der Waals surface area contributed by atoms with Gasteiger partial charge in [0.2, 0.25) is 0 Å². The molecular formula is C14H8N2S4. The second kappa shape index (κ2) is 4.34. The number of thiophene rings is 1. The van der Waals surface area contributed by atoms with Crippen LogP contribution in [-0.4, -0.2) is 15.3 Å². The molecule has 0 aliphatic carbocycles. The van der Waals surface area contributed by atoms with Gasteiger partial charge in [-0.3, -0.25) is 0 Å². The lowest BCUT2D eigenvalue weighted by molar-refractivity contribution is 1.12. The Kier molecular flexibility index (Phi) is 2.56. The summed E-state index contributed by atoms with van der Waals surface area (Å²) in [7, 11) is 0. The van der Waals surface area contributed by atoms with E-state index in [9.17, 15) is 0 Å². The molecule has 0 N–H and O–H groups in total. The van der Waals surface area contributed by atoms with E-state index in [2.05, 4.69) is 33.9 Å². The molecule has 0 amide bonds. The predicted octanol–water partition coefficient (Wildman–Crippen LogP) is 4.97. The highest BCUT2D eigenvalue weighted by atomic mass is 32.2. The summed E-state index contributed by atoms with van der Waals surface area (Å²) >= 11 is 7.38. The van der Waals surface area contributed by atoms with E-state index in [0.29, 0.717) is 0 Å². The summed E-state index contributed by atoms with van der Waals surface area (Å²) in [6.07, 6.45) is 0. The lowest BCUT2D eigenvalue weighted by atomic mass is 10.1. The Balaban J connectivity index is 1.82. The average molecular weight is 333 g/mol. The van der Waals surface area contributed by atoms with Crippen molar-refractivity contribution in [1.82, 2.24) is 9.59 Å². The van der Waals surface area contributed by atoms with E-state index < -0.39 is 0 Å². The molecule has 2 aliphatic rings. The van der Waals surface area contributed by atoms with E-state index in [1.54, 1.807) is 11.5 Å². The summed E-state index contributed by atoms with van der Waals surface area (Å²) in [6.45, 7) is 0. The summed E-state index contributed by atoms with van der Waals surface area (Å²) in [5.41, 5.74) is 2.55. The molecule has 1 aromatic carbocycles. The van der Waals surface area contributed by atoms with Crippen LogP contribution in [0.3, 0.4) is 0 Å². The Morgan fingerprint density at radius 2 is 2.00 bits per heavy atom. The van der Waals surface area contributed by atoms with Crippen LogP contribution in [0.15, 0.2) is 29.2 Å². The molecule has 0 unspecified atom stereocenters. The number of thioether (sulfide) groups is 2. The maximum absolute atomic E-state index is 4.36. The van der Waals surface area contributed by atoms with Gasteiger partial charge in [0.15, 0.2) is 0 Å². The van der Waals surface area contributed by atoms with Crippen molar-refractivity contribution < 1.29 is 0 Å². The number of rotatable bonds is 0. The molecule has 2 aliphatic heterocycles. The number of fused-ring (bicyclic) bond motifs is 6. The van der Waals surface area contributed by atoms with Crippen molar-refractivity contribution in [2.75, 3.05) is 5.75 Å². The van der Waals surface area contributed by atoms with Gasteiger partial charge >= 0.3 is 0 Å². The van der Waals surface area contributed by atoms with Gasteiger partial charge in [-0.25, -0.2) is 0 Å². The van der Waals surface area contributed by atoms with Crippen molar-refractivity contribution in [3.63, 3.8) is 0 Å². The van der Waals surface area contributed by atoms with Gasteiger partial charge in [0, 0.05) is 37.0 Å². The zero-order valence-corrected chi connectivity index (χ0v) is 13.5. The summed E-state index contributed by atoms with van der Waals surface area (Å²) < 4.78 is 5.52. The zero-order chi connectivity index (χ0) is 13.1. The fourth-order valence-corrected chi connectivity index (χ4v) is 7.53. The van der Waals surface area contributed by atoms with Crippen LogP contribution in [0.1, 0.15) is 15.4 Å². The third-order valence-electron chi connectivity index (χ3n) is 3.58. The van der Waals surface area contributed by atoms with Crippen LogP contribution in [0.4, 0.5) is 0 Å². The Labute approximate surface area is 132 Å². The highest BCUT2D eigenvalue weighted by Gasteiger charge is 2.30. The quantitative estimate of drug-likeness (QED) is 0.580. The topological polar surface area (TPSA) is 25.8 Å². The number of aromatic nitrogens is 2. The van der Waals surface area contributed by atoms with E-state index in [-0.39, 0.29) is 0 Å². The van der Waals surface area contributed by atoms with Crippen molar-refractivity contribution in [2.24, 2.45) is 0 Å². The molecule has 98 valence electrons. The van der Waals surface area contributed by atoms with Crippen molar-refractivity contribution in [3.8, 4) is 0 Å². The summed E-state index contributed by atoms with van der Waals surface area (Å²) in [6, 6.07) is 8.73. The second-order valence-corrected chi connectivity index (χ2v) is 8.55. The van der Waals surface area contributed by atoms with Gasteiger partial charge < -0.3 is 0 Å². The van der Waals surface area contributed by atoms with Crippen molar-refractivity contribution in [1.29, 1.82) is 0 Å². The Morgan fingerprint density at radius 3 is 3.00 bits per heavy atom. The van der Waals surface area contributed by atoms with Gasteiger partial charge in [-0.1, -0.05) is 22.7 Å². The van der Waals surface area contributed by atoms with Gasteiger partial charge in [0.1, 0.15) is 5.69 Å². The maximum atomic E-state index is 4.36. The molecule has 0 saturated carbocycles. The smallest absolute Gasteiger partial charge is 0.107 e. The second-order valence-electron chi connectivity index (χ2n) is 4.69. The fourth-order valence-electron chi connectivity index (χ4n) is 2.66. The molecule has 0 fully saturated rings. The maximum Gasteiger partial charge on any atom is 0.107 e. The SMILES string of the molecule is c1ccc2c3c(sc2c1)C1=C(CS3)c2nnsc2CS1. The van der Waals surface area contributed by atoms with E-state index in [1.165, 1.54) is 35.2 Å². The first-order valence-corrected chi connectivity index (χ1v) is 9.80. The number of nitrogens with zero attached hydrogens (tertiary/aromatic N) is 2. The van der Waals surface area contributed by atoms with E-state index >= 15 is 0 Å². The van der Waals surface area contributed by atoms with Gasteiger partial charge in [-0.2, -0.15) is 0 Å². The standard InChI is InChI=1S/C14H8N2S4/c1-2-4-9-7(3-1)12-14(19-9)13-8(5-17-12)11-10(6-18-13)20-16-15-11/h1-4H,5-6H2. The molecule has 0 saturated heterocycles. The van der Waals surface area contributed by atoms with Crippen LogP contribution in [0.25, 0.3) is 20.6 Å². The molecule has 4 heterocycles. The molecular weight excluding hydrogens is 324 g/mol. The normalized spacial score (nSPS) is 17.0. The van der Waals surface area contributed by atoms with E-state index in [4.69, 9.17) is 0 Å². The number of benzene rings is 1. The monoisotopic (exact) mass is 332 g/mol. The highest BCUT2D eigenvalue weighted by molar-refractivity contribution is 8.09. The predicted molar refractivity (Wildman–Crippen MR) is 90.6 cm³/mol. The van der Waals surface area contributed by atoms with Crippen LogP contribution in [0.2, 0.25) is 0 Å². The van der Waals surface area contributed by atoms with Crippen LogP contribution in [-0.2, 0) is 5.75 Å². The Morgan fingerprint density at radius 1 is 1.05 bits per heavy atom. The van der Waals surface area contributed by atoms with Gasteiger partial charge in [0.05, 0.1) is 9.75 Å². The third kappa shape index (κ3) is 1.53. The molecule has 20 heavy (non-hydrogen) atoms. The van der Waals surface area contributed by atoms with Crippen LogP contribution in [0.5, 0.6) is 0 Å². The number of hydrogen-bond donors (Lipinski definition) is 0. The molecule has 0 radical (unpaired) electrons. The van der Waals surface area contributed by atoms with Crippen molar-refractivity contribution in [3.05, 3.63) is 39.7 Å². The first kappa shape index (κ1) is 11.8. The van der Waals surface area contributed by atoms with E-state index in [0.717, 1.165) is 17.2 Å². The minimum atomic E-state index is 1.02. The fraction of sp³-hybridized carbons (Fsp3) is 0.143. The lowest BCUT2D eigenvalue weighted by Crippen LogP contribution is -2.04. The zero-order valence-electron chi connectivity index (χ0n) is 10.3. The summed E-state index contributed by atoms with van der Waals surface area (Å²) in [5.74, 6) is 2.04. The number of hydrogen-bond acceptors (Lipinski definition) is 6. The van der Waals surface area contributed by atoms with Crippen LogP contribution >= 0.6 is 46.4 Å². The first-order valence-electron chi connectivity index (χ1n) is 6.24. The Bertz CT molecular complexity index is 874. The summed E-state index contributed by atoms with van der Waals surface area (Å²) in [5, 5.41) is 5.77. The Hall–Kier alpha value is -0.820. The molecule has 6 heteroatoms. The van der Waals surface area contributed by atoms with Crippen molar-refractivity contribution in [2.45, 2.75) is 10.6 Å². The molecule has 0 bridgehead atoms. The minimum absolute atomic E-state index is 1.02. The molecule has 3 aromatic rings. The van der Waals surface area contributed by atoms with Crippen molar-refractivity contribution >= 4 is 67.0 Å².